The Labute approximate surface area is 134 Å². The van der Waals surface area contributed by atoms with E-state index in [-0.39, 0.29) is 12.0 Å². The van der Waals surface area contributed by atoms with E-state index in [1.54, 1.807) is 41.6 Å². The van der Waals surface area contributed by atoms with Gasteiger partial charge in [0.2, 0.25) is 11.8 Å². The fourth-order valence-electron chi connectivity index (χ4n) is 2.45. The molecule has 2 aromatic rings. The third-order valence-corrected chi connectivity index (χ3v) is 3.54. The number of carbonyl (C=O) groups is 1. The first-order valence-electron chi connectivity index (χ1n) is 7.58. The number of aromatic nitrogens is 3. The second kappa shape index (κ2) is 7.04. The van der Waals surface area contributed by atoms with E-state index in [9.17, 15) is 4.79 Å². The topological polar surface area (TPSA) is 77.4 Å². The summed E-state index contributed by atoms with van der Waals surface area (Å²) in [5.41, 5.74) is 0.550. The molecule has 120 valence electrons. The molecule has 1 aliphatic rings. The molecule has 23 heavy (non-hydrogen) atoms. The molecule has 1 atom stereocenters. The molecule has 2 aromatic heterocycles. The van der Waals surface area contributed by atoms with Gasteiger partial charge in [0, 0.05) is 37.5 Å². The fourth-order valence-corrected chi connectivity index (χ4v) is 2.45. The van der Waals surface area contributed by atoms with Gasteiger partial charge in [0.15, 0.2) is 0 Å². The van der Waals surface area contributed by atoms with Crippen molar-refractivity contribution in [3.05, 3.63) is 42.2 Å². The number of nitrogens with zero attached hydrogens (tertiary/aromatic N) is 4. The Morgan fingerprint density at radius 2 is 2.26 bits per heavy atom. The van der Waals surface area contributed by atoms with Crippen molar-refractivity contribution < 1.29 is 14.3 Å². The number of carbonyl (C=O) groups excluding carboxylic acids is 1. The van der Waals surface area contributed by atoms with Crippen molar-refractivity contribution >= 4 is 5.91 Å². The summed E-state index contributed by atoms with van der Waals surface area (Å²) in [6, 6.07) is 6.97. The van der Waals surface area contributed by atoms with Crippen LogP contribution < -0.4 is 9.47 Å². The Hall–Kier alpha value is -2.70. The molecule has 3 heterocycles. The van der Waals surface area contributed by atoms with E-state index in [2.05, 4.69) is 15.2 Å². The maximum atomic E-state index is 12.5. The number of ether oxygens (including phenoxy) is 2. The van der Waals surface area contributed by atoms with Gasteiger partial charge in [-0.3, -0.25) is 4.79 Å². The Bertz CT molecular complexity index is 648. The maximum Gasteiger partial charge on any atom is 0.255 e. The molecule has 7 nitrogen and oxygen atoms in total. The minimum atomic E-state index is -0.0636. The quantitative estimate of drug-likeness (QED) is 0.833. The molecule has 1 unspecified atom stereocenters. The molecule has 0 spiro atoms. The lowest BCUT2D eigenvalue weighted by Gasteiger charge is -2.16. The van der Waals surface area contributed by atoms with Crippen LogP contribution in [-0.4, -0.2) is 51.8 Å². The summed E-state index contributed by atoms with van der Waals surface area (Å²) in [4.78, 5) is 18.4. The molecule has 0 bridgehead atoms. The zero-order valence-corrected chi connectivity index (χ0v) is 12.9. The predicted molar refractivity (Wildman–Crippen MR) is 82.4 cm³/mol. The van der Waals surface area contributed by atoms with Crippen molar-refractivity contribution in [1.82, 2.24) is 20.1 Å². The maximum absolute atomic E-state index is 12.5. The van der Waals surface area contributed by atoms with Crippen LogP contribution in [0.15, 0.2) is 36.7 Å². The van der Waals surface area contributed by atoms with E-state index in [1.807, 2.05) is 6.92 Å². The zero-order chi connectivity index (χ0) is 16.1. The Morgan fingerprint density at radius 1 is 1.35 bits per heavy atom. The van der Waals surface area contributed by atoms with Crippen molar-refractivity contribution in [1.29, 1.82) is 0 Å². The second-order valence-electron chi connectivity index (χ2n) is 5.16. The summed E-state index contributed by atoms with van der Waals surface area (Å²) in [6.45, 7) is 3.62. The molecule has 0 aliphatic carbocycles. The molecule has 1 fully saturated rings. The summed E-state index contributed by atoms with van der Waals surface area (Å²) >= 11 is 0. The molecule has 0 N–H and O–H groups in total. The first kappa shape index (κ1) is 15.2. The van der Waals surface area contributed by atoms with E-state index < -0.39 is 0 Å². The van der Waals surface area contributed by atoms with Crippen LogP contribution in [0.2, 0.25) is 0 Å². The second-order valence-corrected chi connectivity index (χ2v) is 5.16. The van der Waals surface area contributed by atoms with Crippen LogP contribution in [0.3, 0.4) is 0 Å². The number of amides is 1. The summed E-state index contributed by atoms with van der Waals surface area (Å²) in [5, 5.41) is 7.67. The van der Waals surface area contributed by atoms with E-state index in [0.717, 1.165) is 6.42 Å². The predicted octanol–water partition coefficient (Wildman–Crippen LogP) is 1.56. The molecule has 0 radical (unpaired) electrons. The lowest BCUT2D eigenvalue weighted by atomic mass is 10.2. The van der Waals surface area contributed by atoms with Crippen molar-refractivity contribution in [3.63, 3.8) is 0 Å². The normalized spacial score (nSPS) is 17.1. The van der Waals surface area contributed by atoms with Crippen LogP contribution in [0.5, 0.6) is 11.8 Å². The summed E-state index contributed by atoms with van der Waals surface area (Å²) in [7, 11) is 0. The van der Waals surface area contributed by atoms with Gasteiger partial charge in [-0.25, -0.2) is 4.98 Å². The van der Waals surface area contributed by atoms with E-state index >= 15 is 0 Å². The monoisotopic (exact) mass is 314 g/mol. The first-order valence-corrected chi connectivity index (χ1v) is 7.58. The first-order chi connectivity index (χ1) is 11.3. The van der Waals surface area contributed by atoms with Crippen molar-refractivity contribution in [3.8, 4) is 11.8 Å². The van der Waals surface area contributed by atoms with Gasteiger partial charge in [-0.1, -0.05) is 0 Å². The average molecular weight is 314 g/mol. The minimum Gasteiger partial charge on any atom is -0.478 e. The van der Waals surface area contributed by atoms with E-state index in [1.165, 1.54) is 0 Å². The van der Waals surface area contributed by atoms with Gasteiger partial charge < -0.3 is 14.4 Å². The SMILES string of the molecule is CCOc1ccc(C(=O)N2CCC(Oc3cccnn3)C2)cn1. The fraction of sp³-hybridized carbons (Fsp3) is 0.375. The molecule has 0 aromatic carbocycles. The number of hydrogen-bond acceptors (Lipinski definition) is 6. The molecule has 1 saturated heterocycles. The standard InChI is InChI=1S/C16H18N4O3/c1-2-22-14-6-5-12(10-17-14)16(21)20-9-7-13(11-20)23-15-4-3-8-18-19-15/h3-6,8,10,13H,2,7,9,11H2,1H3. The number of hydrogen-bond donors (Lipinski definition) is 0. The Morgan fingerprint density at radius 3 is 2.96 bits per heavy atom. The van der Waals surface area contributed by atoms with Gasteiger partial charge in [-0.15, -0.1) is 5.10 Å². The van der Waals surface area contributed by atoms with Crippen LogP contribution in [0.25, 0.3) is 0 Å². The van der Waals surface area contributed by atoms with Crippen LogP contribution in [-0.2, 0) is 0 Å². The van der Waals surface area contributed by atoms with E-state index in [0.29, 0.717) is 37.0 Å². The molecule has 7 heteroatoms. The molecule has 1 aliphatic heterocycles. The van der Waals surface area contributed by atoms with Crippen LogP contribution >= 0.6 is 0 Å². The van der Waals surface area contributed by atoms with Gasteiger partial charge in [0.1, 0.15) is 6.10 Å². The largest absolute Gasteiger partial charge is 0.478 e. The van der Waals surface area contributed by atoms with Crippen molar-refractivity contribution in [2.75, 3.05) is 19.7 Å². The zero-order valence-electron chi connectivity index (χ0n) is 12.9. The number of likely N-dealkylation sites (tertiary alicyclic amines) is 1. The lowest BCUT2D eigenvalue weighted by Crippen LogP contribution is -2.31. The van der Waals surface area contributed by atoms with Crippen molar-refractivity contribution in [2.45, 2.75) is 19.4 Å². The Balaban J connectivity index is 1.58. The van der Waals surface area contributed by atoms with Gasteiger partial charge in [-0.05, 0) is 19.1 Å². The summed E-state index contributed by atoms with van der Waals surface area (Å²) < 4.78 is 11.0. The summed E-state index contributed by atoms with van der Waals surface area (Å²) in [5.74, 6) is 0.953. The number of pyridine rings is 1. The highest BCUT2D eigenvalue weighted by Gasteiger charge is 2.28. The highest BCUT2D eigenvalue weighted by Crippen LogP contribution is 2.18. The van der Waals surface area contributed by atoms with Crippen LogP contribution in [0, 0.1) is 0 Å². The highest BCUT2D eigenvalue weighted by atomic mass is 16.5. The van der Waals surface area contributed by atoms with Gasteiger partial charge >= 0.3 is 0 Å². The average Bonchev–Trinajstić information content (AvgIpc) is 3.05. The van der Waals surface area contributed by atoms with E-state index in [4.69, 9.17) is 9.47 Å². The number of rotatable bonds is 5. The van der Waals surface area contributed by atoms with Gasteiger partial charge in [-0.2, -0.15) is 5.10 Å². The molecular formula is C16H18N4O3. The smallest absolute Gasteiger partial charge is 0.255 e. The third kappa shape index (κ3) is 3.74. The van der Waals surface area contributed by atoms with Gasteiger partial charge in [0.05, 0.1) is 18.7 Å². The van der Waals surface area contributed by atoms with Crippen LogP contribution in [0.4, 0.5) is 0 Å². The van der Waals surface area contributed by atoms with Gasteiger partial charge in [0.25, 0.3) is 5.91 Å². The van der Waals surface area contributed by atoms with Crippen molar-refractivity contribution in [2.24, 2.45) is 0 Å². The Kier molecular flexibility index (Phi) is 4.65. The lowest BCUT2D eigenvalue weighted by molar-refractivity contribution is 0.0770. The molecular weight excluding hydrogens is 296 g/mol. The highest BCUT2D eigenvalue weighted by molar-refractivity contribution is 5.94. The molecule has 0 saturated carbocycles. The van der Waals surface area contributed by atoms with Crippen LogP contribution in [0.1, 0.15) is 23.7 Å². The molecule has 1 amide bonds. The minimum absolute atomic E-state index is 0.0502. The molecule has 3 rings (SSSR count). The third-order valence-electron chi connectivity index (χ3n) is 3.54. The summed E-state index contributed by atoms with van der Waals surface area (Å²) in [6.07, 6.45) is 3.85.